The number of nitrogens with one attached hydrogen (secondary N) is 2. The van der Waals surface area contributed by atoms with Crippen molar-refractivity contribution in [3.63, 3.8) is 0 Å². The first-order valence-corrected chi connectivity index (χ1v) is 9.40. The van der Waals surface area contributed by atoms with Gasteiger partial charge in [-0.3, -0.25) is 9.59 Å². The van der Waals surface area contributed by atoms with E-state index < -0.39 is 0 Å². The molecule has 1 fully saturated rings. The van der Waals surface area contributed by atoms with E-state index in [4.69, 9.17) is 0 Å². The molecule has 1 aliphatic heterocycles. The maximum atomic E-state index is 13.0. The molecule has 1 aliphatic rings. The predicted octanol–water partition coefficient (Wildman–Crippen LogP) is 3.65. The Kier molecular flexibility index (Phi) is 4.86. The minimum Gasteiger partial charge on any atom is -0.361 e. The van der Waals surface area contributed by atoms with Crippen LogP contribution in [0.2, 0.25) is 0 Å². The van der Waals surface area contributed by atoms with Crippen LogP contribution < -0.4 is 5.32 Å². The second-order valence-corrected chi connectivity index (χ2v) is 7.35. The van der Waals surface area contributed by atoms with E-state index in [0.717, 1.165) is 11.9 Å². The molecule has 0 aliphatic carbocycles. The molecule has 1 atom stereocenters. The van der Waals surface area contributed by atoms with Gasteiger partial charge in [-0.05, 0) is 55.3 Å². The number of hydrogen-bond donors (Lipinski definition) is 2. The zero-order valence-electron chi connectivity index (χ0n) is 15.7. The SMILES string of the molecule is Cc1ccc2[nH]cc(CCN3C[C@H](C(=O)Nc4ccc(F)cc4)CC3=O)c2c1. The molecule has 2 aromatic carbocycles. The van der Waals surface area contributed by atoms with Gasteiger partial charge in [-0.15, -0.1) is 0 Å². The van der Waals surface area contributed by atoms with Crippen LogP contribution >= 0.6 is 0 Å². The Balaban J connectivity index is 1.37. The van der Waals surface area contributed by atoms with Crippen molar-refractivity contribution in [2.24, 2.45) is 5.92 Å². The van der Waals surface area contributed by atoms with E-state index in [1.807, 2.05) is 6.20 Å². The first-order chi connectivity index (χ1) is 13.5. The van der Waals surface area contributed by atoms with Gasteiger partial charge in [0.05, 0.1) is 5.92 Å². The van der Waals surface area contributed by atoms with Crippen LogP contribution in [0.15, 0.2) is 48.7 Å². The van der Waals surface area contributed by atoms with Gasteiger partial charge in [-0.25, -0.2) is 4.39 Å². The highest BCUT2D eigenvalue weighted by atomic mass is 19.1. The van der Waals surface area contributed by atoms with Crippen molar-refractivity contribution in [2.45, 2.75) is 19.8 Å². The fourth-order valence-electron chi connectivity index (χ4n) is 3.70. The second-order valence-electron chi connectivity index (χ2n) is 7.35. The number of fused-ring (bicyclic) bond motifs is 1. The molecular formula is C22H22FN3O2. The van der Waals surface area contributed by atoms with Crippen molar-refractivity contribution in [2.75, 3.05) is 18.4 Å². The molecule has 0 bridgehead atoms. The average molecular weight is 379 g/mol. The maximum absolute atomic E-state index is 13.0. The summed E-state index contributed by atoms with van der Waals surface area (Å²) in [4.78, 5) is 29.8. The van der Waals surface area contributed by atoms with Crippen LogP contribution in [0, 0.1) is 18.7 Å². The molecule has 2 heterocycles. The lowest BCUT2D eigenvalue weighted by atomic mass is 10.1. The Labute approximate surface area is 162 Å². The molecule has 0 saturated carbocycles. The Morgan fingerprint density at radius 2 is 2.04 bits per heavy atom. The quantitative estimate of drug-likeness (QED) is 0.711. The molecule has 1 saturated heterocycles. The topological polar surface area (TPSA) is 65.2 Å². The molecule has 4 rings (SSSR count). The fourth-order valence-corrected chi connectivity index (χ4v) is 3.70. The van der Waals surface area contributed by atoms with Gasteiger partial charge in [0.1, 0.15) is 5.82 Å². The molecule has 5 nitrogen and oxygen atoms in total. The normalized spacial score (nSPS) is 16.7. The van der Waals surface area contributed by atoms with Crippen molar-refractivity contribution in [3.8, 4) is 0 Å². The summed E-state index contributed by atoms with van der Waals surface area (Å²) in [5.41, 5.74) is 3.99. The fraction of sp³-hybridized carbons (Fsp3) is 0.273. The molecule has 144 valence electrons. The van der Waals surface area contributed by atoms with Gasteiger partial charge in [-0.1, -0.05) is 11.6 Å². The van der Waals surface area contributed by atoms with Crippen molar-refractivity contribution in [3.05, 3.63) is 65.6 Å². The van der Waals surface area contributed by atoms with Gasteiger partial charge >= 0.3 is 0 Å². The number of hydrogen-bond acceptors (Lipinski definition) is 2. The van der Waals surface area contributed by atoms with Gasteiger partial charge in [0.15, 0.2) is 0 Å². The van der Waals surface area contributed by atoms with E-state index >= 15 is 0 Å². The molecule has 2 N–H and O–H groups in total. The summed E-state index contributed by atoms with van der Waals surface area (Å²) in [5.74, 6) is -0.948. The average Bonchev–Trinajstić information content (AvgIpc) is 3.25. The Hall–Kier alpha value is -3.15. The van der Waals surface area contributed by atoms with E-state index in [2.05, 4.69) is 35.4 Å². The van der Waals surface area contributed by atoms with Crippen LogP contribution in [0.5, 0.6) is 0 Å². The summed E-state index contributed by atoms with van der Waals surface area (Å²) in [6.45, 7) is 3.05. The van der Waals surface area contributed by atoms with E-state index in [-0.39, 0.29) is 30.0 Å². The Morgan fingerprint density at radius 1 is 1.25 bits per heavy atom. The first-order valence-electron chi connectivity index (χ1n) is 9.40. The van der Waals surface area contributed by atoms with Crippen molar-refractivity contribution >= 4 is 28.4 Å². The van der Waals surface area contributed by atoms with Gasteiger partial charge < -0.3 is 15.2 Å². The molecule has 1 aromatic heterocycles. The maximum Gasteiger partial charge on any atom is 0.229 e. The number of halogens is 1. The number of carbonyl (C=O) groups excluding carboxylic acids is 2. The monoisotopic (exact) mass is 379 g/mol. The number of aromatic nitrogens is 1. The standard InChI is InChI=1S/C22H22FN3O2/c1-14-2-7-20-19(10-14)15(12-24-20)8-9-26-13-16(11-21(26)27)22(28)25-18-5-3-17(23)4-6-18/h2-7,10,12,16,24H,8-9,11,13H2,1H3,(H,25,28)/t16-/m1/s1. The highest BCUT2D eigenvalue weighted by Crippen LogP contribution is 2.23. The first kappa shape index (κ1) is 18.2. The third-order valence-corrected chi connectivity index (χ3v) is 5.27. The number of H-pyrrole nitrogens is 1. The van der Waals surface area contributed by atoms with Crippen molar-refractivity contribution < 1.29 is 14.0 Å². The van der Waals surface area contributed by atoms with Gasteiger partial charge in [-0.2, -0.15) is 0 Å². The van der Waals surface area contributed by atoms with Crippen LogP contribution in [0.1, 0.15) is 17.5 Å². The van der Waals surface area contributed by atoms with Crippen LogP contribution in [-0.2, 0) is 16.0 Å². The lowest BCUT2D eigenvalue weighted by Crippen LogP contribution is -2.30. The van der Waals surface area contributed by atoms with Gasteiger partial charge in [0, 0.05) is 42.3 Å². The van der Waals surface area contributed by atoms with Crippen molar-refractivity contribution in [1.29, 1.82) is 0 Å². The predicted molar refractivity (Wildman–Crippen MR) is 106 cm³/mol. The minimum absolute atomic E-state index is 0.00437. The second kappa shape index (κ2) is 7.46. The zero-order chi connectivity index (χ0) is 19.7. The molecule has 6 heteroatoms. The summed E-state index contributed by atoms with van der Waals surface area (Å²) < 4.78 is 13.0. The summed E-state index contributed by atoms with van der Waals surface area (Å²) in [5, 5.41) is 3.94. The molecule has 3 aromatic rings. The smallest absolute Gasteiger partial charge is 0.229 e. The number of aryl methyl sites for hydroxylation is 1. The van der Waals surface area contributed by atoms with Crippen molar-refractivity contribution in [1.82, 2.24) is 9.88 Å². The molecule has 0 radical (unpaired) electrons. The molecule has 2 amide bonds. The van der Waals surface area contributed by atoms with E-state index in [1.54, 1.807) is 4.90 Å². The number of nitrogens with zero attached hydrogens (tertiary/aromatic N) is 1. The third-order valence-electron chi connectivity index (χ3n) is 5.27. The van der Waals surface area contributed by atoms with Crippen LogP contribution in [0.25, 0.3) is 10.9 Å². The summed E-state index contributed by atoms with van der Waals surface area (Å²) in [6, 6.07) is 11.9. The summed E-state index contributed by atoms with van der Waals surface area (Å²) >= 11 is 0. The van der Waals surface area contributed by atoms with Gasteiger partial charge in [0.25, 0.3) is 0 Å². The Morgan fingerprint density at radius 3 is 2.82 bits per heavy atom. The number of rotatable bonds is 5. The summed E-state index contributed by atoms with van der Waals surface area (Å²) in [7, 11) is 0. The molecule has 28 heavy (non-hydrogen) atoms. The lowest BCUT2D eigenvalue weighted by molar-refractivity contribution is -0.128. The number of carbonyl (C=O) groups is 2. The number of amides is 2. The minimum atomic E-state index is -0.386. The molecule has 0 unspecified atom stereocenters. The highest BCUT2D eigenvalue weighted by Gasteiger charge is 2.34. The number of aromatic amines is 1. The highest BCUT2D eigenvalue weighted by molar-refractivity contribution is 5.97. The van der Waals surface area contributed by atoms with E-state index in [1.165, 1.54) is 40.8 Å². The van der Waals surface area contributed by atoms with Crippen LogP contribution in [0.4, 0.5) is 10.1 Å². The lowest BCUT2D eigenvalue weighted by Gasteiger charge is -2.16. The molecule has 0 spiro atoms. The van der Waals surface area contributed by atoms with Gasteiger partial charge in [0.2, 0.25) is 11.8 Å². The largest absolute Gasteiger partial charge is 0.361 e. The molecular weight excluding hydrogens is 357 g/mol. The van der Waals surface area contributed by atoms with Crippen LogP contribution in [0.3, 0.4) is 0 Å². The third kappa shape index (κ3) is 3.76. The number of benzene rings is 2. The van der Waals surface area contributed by atoms with E-state index in [9.17, 15) is 14.0 Å². The summed E-state index contributed by atoms with van der Waals surface area (Å²) in [6.07, 6.45) is 2.94. The number of likely N-dealkylation sites (tertiary alicyclic amines) is 1. The zero-order valence-corrected chi connectivity index (χ0v) is 15.7. The van der Waals surface area contributed by atoms with E-state index in [0.29, 0.717) is 18.8 Å². The van der Waals surface area contributed by atoms with Crippen LogP contribution in [-0.4, -0.2) is 34.8 Å². The number of anilines is 1. The Bertz CT molecular complexity index is 1030.